The Kier molecular flexibility index (Phi) is 5.85. The third-order valence-corrected chi connectivity index (χ3v) is 8.89. The monoisotopic (exact) mass is 409 g/mol. The topological polar surface area (TPSA) is 23.5 Å². The Morgan fingerprint density at radius 3 is 2.47 bits per heavy atom. The fourth-order valence-corrected chi connectivity index (χ4v) is 7.34. The van der Waals surface area contributed by atoms with Crippen LogP contribution in [0.2, 0.25) is 0 Å². The summed E-state index contributed by atoms with van der Waals surface area (Å²) >= 11 is 0. The third-order valence-electron chi connectivity index (χ3n) is 8.89. The van der Waals surface area contributed by atoms with E-state index >= 15 is 0 Å². The van der Waals surface area contributed by atoms with Crippen molar-refractivity contribution < 1.29 is 5.11 Å². The van der Waals surface area contributed by atoms with Crippen molar-refractivity contribution in [1.29, 1.82) is 0 Å². The van der Waals surface area contributed by atoms with Gasteiger partial charge in [-0.1, -0.05) is 78.2 Å². The number of benzene rings is 1. The van der Waals surface area contributed by atoms with Gasteiger partial charge >= 0.3 is 0 Å². The molecule has 2 saturated carbocycles. The number of hydrogen-bond donors (Lipinski definition) is 1. The summed E-state index contributed by atoms with van der Waals surface area (Å²) in [6.45, 7) is 15.6. The van der Waals surface area contributed by atoms with Gasteiger partial charge in [-0.3, -0.25) is 4.90 Å². The lowest BCUT2D eigenvalue weighted by atomic mass is 9.36. The number of nitrogens with zero attached hydrogens (tertiary/aromatic N) is 1. The number of fused-ring (bicyclic) bond motifs is 1. The predicted molar refractivity (Wildman–Crippen MR) is 127 cm³/mol. The Morgan fingerprint density at radius 1 is 1.13 bits per heavy atom. The molecule has 0 radical (unpaired) electrons. The fraction of sp³-hybridized carbons (Fsp3) is 0.714. The molecule has 0 amide bonds. The number of aromatic hydroxyl groups is 1. The molecule has 2 nitrogen and oxygen atoms in total. The zero-order valence-electron chi connectivity index (χ0n) is 20.2. The van der Waals surface area contributed by atoms with Gasteiger partial charge in [0.2, 0.25) is 0 Å². The maximum Gasteiger partial charge on any atom is 0.122 e. The molecule has 1 aromatic rings. The lowest BCUT2D eigenvalue weighted by Crippen LogP contribution is -2.66. The van der Waals surface area contributed by atoms with Crippen LogP contribution < -0.4 is 0 Å². The van der Waals surface area contributed by atoms with E-state index in [-0.39, 0.29) is 5.41 Å². The third kappa shape index (κ3) is 3.00. The summed E-state index contributed by atoms with van der Waals surface area (Å²) in [5, 5.41) is 11.1. The Hall–Kier alpha value is -1.28. The predicted octanol–water partition coefficient (Wildman–Crippen LogP) is 6.63. The number of aryl methyl sites for hydroxylation is 1. The minimum atomic E-state index is 0.169. The van der Waals surface area contributed by atoms with E-state index < -0.39 is 0 Å². The molecule has 2 spiro atoms. The Morgan fingerprint density at radius 2 is 1.83 bits per heavy atom. The molecule has 166 valence electrons. The van der Waals surface area contributed by atoms with E-state index in [0.29, 0.717) is 35.0 Å². The molecule has 2 heteroatoms. The maximum atomic E-state index is 11.1. The van der Waals surface area contributed by atoms with Crippen LogP contribution >= 0.6 is 0 Å². The van der Waals surface area contributed by atoms with E-state index in [0.717, 1.165) is 18.5 Å². The number of hydrogen-bond acceptors (Lipinski definition) is 2. The molecule has 4 aliphatic carbocycles. The van der Waals surface area contributed by atoms with Crippen LogP contribution in [0.5, 0.6) is 5.75 Å². The second-order valence-corrected chi connectivity index (χ2v) is 10.5. The van der Waals surface area contributed by atoms with Gasteiger partial charge in [0.05, 0.1) is 0 Å². The Balaban J connectivity index is 0.000000392. The van der Waals surface area contributed by atoms with Crippen molar-refractivity contribution in [1.82, 2.24) is 4.90 Å². The molecular weight excluding hydrogens is 366 g/mol. The molecule has 1 N–H and O–H groups in total. The van der Waals surface area contributed by atoms with Gasteiger partial charge < -0.3 is 5.11 Å². The van der Waals surface area contributed by atoms with Crippen LogP contribution in [0, 0.1) is 30.1 Å². The molecule has 1 aliphatic heterocycles. The van der Waals surface area contributed by atoms with Crippen molar-refractivity contribution in [2.24, 2.45) is 23.2 Å². The normalized spacial score (nSPS) is 39.7. The molecule has 1 aromatic carbocycles. The first-order chi connectivity index (χ1) is 14.4. The summed E-state index contributed by atoms with van der Waals surface area (Å²) in [7, 11) is 0. The van der Waals surface area contributed by atoms with Crippen LogP contribution in [0.15, 0.2) is 24.3 Å². The number of phenolic OH excluding ortho intramolecular Hbond substituents is 1. The lowest BCUT2D eigenvalue weighted by Gasteiger charge is -2.67. The number of likely N-dealkylation sites (tertiary alicyclic amines) is 1. The van der Waals surface area contributed by atoms with Gasteiger partial charge in [-0.2, -0.15) is 0 Å². The highest BCUT2D eigenvalue weighted by atomic mass is 16.3. The van der Waals surface area contributed by atoms with Gasteiger partial charge in [0.15, 0.2) is 0 Å². The van der Waals surface area contributed by atoms with Gasteiger partial charge in [0, 0.05) is 29.0 Å². The van der Waals surface area contributed by atoms with Crippen molar-refractivity contribution in [3.63, 3.8) is 0 Å². The van der Waals surface area contributed by atoms with Gasteiger partial charge in [-0.25, -0.2) is 0 Å². The van der Waals surface area contributed by atoms with E-state index in [1.165, 1.54) is 49.8 Å². The van der Waals surface area contributed by atoms with Crippen molar-refractivity contribution in [3.05, 3.63) is 41.0 Å². The van der Waals surface area contributed by atoms with Crippen molar-refractivity contribution >= 4 is 0 Å². The molecule has 6 unspecified atom stereocenters. The molecule has 1 heterocycles. The first-order valence-electron chi connectivity index (χ1n) is 12.7. The molecule has 2 bridgehead atoms. The van der Waals surface area contributed by atoms with Crippen LogP contribution in [0.4, 0.5) is 0 Å². The number of likely N-dealkylation sites (N-methyl/N-ethyl adjacent to an activating group) is 1. The summed E-state index contributed by atoms with van der Waals surface area (Å²) in [4.78, 5) is 2.74. The minimum Gasteiger partial charge on any atom is -0.507 e. The van der Waals surface area contributed by atoms with Crippen LogP contribution in [-0.4, -0.2) is 29.1 Å². The first-order valence-corrected chi connectivity index (χ1v) is 12.7. The minimum absolute atomic E-state index is 0.169. The van der Waals surface area contributed by atoms with Gasteiger partial charge in [-0.15, -0.1) is 0 Å². The molecule has 5 aliphatic rings. The molecule has 1 saturated heterocycles. The van der Waals surface area contributed by atoms with Crippen LogP contribution in [0.1, 0.15) is 83.4 Å². The summed E-state index contributed by atoms with van der Waals surface area (Å²) in [5.41, 5.74) is 4.32. The number of phenols is 1. The highest BCUT2D eigenvalue weighted by molar-refractivity contribution is 5.57. The fourth-order valence-electron chi connectivity index (χ4n) is 7.34. The molecule has 0 aromatic heterocycles. The molecule has 30 heavy (non-hydrogen) atoms. The number of rotatable bonds is 1. The molecule has 3 fully saturated rings. The largest absolute Gasteiger partial charge is 0.507 e. The maximum absolute atomic E-state index is 11.1. The second kappa shape index (κ2) is 8.01. The molecule has 6 rings (SSSR count). The van der Waals surface area contributed by atoms with E-state index in [1.807, 2.05) is 13.8 Å². The van der Waals surface area contributed by atoms with Crippen LogP contribution in [0.25, 0.3) is 0 Å². The lowest BCUT2D eigenvalue weighted by molar-refractivity contribution is -0.0749. The van der Waals surface area contributed by atoms with Crippen LogP contribution in [0.3, 0.4) is 0 Å². The van der Waals surface area contributed by atoms with Crippen molar-refractivity contribution in [2.45, 2.75) is 91.5 Å². The van der Waals surface area contributed by atoms with E-state index in [2.05, 4.69) is 56.9 Å². The highest BCUT2D eigenvalue weighted by Crippen LogP contribution is 2.74. The van der Waals surface area contributed by atoms with E-state index in [9.17, 15) is 5.11 Å². The van der Waals surface area contributed by atoms with Gasteiger partial charge in [0.1, 0.15) is 5.75 Å². The SMILES string of the molecule is C1CC1.CC.CCN1CC23C=CCC(C)C(C)C4(C2)c2c(ccc(C)c2O)CC1C34. The van der Waals surface area contributed by atoms with Gasteiger partial charge in [0.25, 0.3) is 0 Å². The number of allylic oxidation sites excluding steroid dienone is 1. The van der Waals surface area contributed by atoms with Gasteiger partial charge in [-0.05, 0) is 61.6 Å². The second-order valence-electron chi connectivity index (χ2n) is 10.5. The standard InChI is InChI=1S/C23H31NO.C3H6.C2H6/c1-5-24-13-22-10-6-7-14(2)16(4)23(12-22)19-17(11-18(24)21(22)23)9-8-15(3)20(19)25;1-2-3-1;1-2/h6,8-10,14,16,18,21,25H,5,7,11-13H2,1-4H3;1-3H2;1-2H3. The van der Waals surface area contributed by atoms with Crippen molar-refractivity contribution in [3.8, 4) is 5.75 Å². The average Bonchev–Trinajstić information content (AvgIpc) is 3.59. The summed E-state index contributed by atoms with van der Waals surface area (Å²) in [6, 6.07) is 5.08. The zero-order valence-corrected chi connectivity index (χ0v) is 20.2. The summed E-state index contributed by atoms with van der Waals surface area (Å²) in [5.74, 6) is 2.55. The highest BCUT2D eigenvalue weighted by Gasteiger charge is 2.73. The zero-order chi connectivity index (χ0) is 21.7. The average molecular weight is 410 g/mol. The molecular formula is C28H43NO. The summed E-state index contributed by atoms with van der Waals surface area (Å²) in [6.07, 6.45) is 13.1. The summed E-state index contributed by atoms with van der Waals surface area (Å²) < 4.78 is 0. The smallest absolute Gasteiger partial charge is 0.122 e. The Bertz CT molecular complexity index is 808. The van der Waals surface area contributed by atoms with Crippen LogP contribution in [-0.2, 0) is 11.8 Å². The quantitative estimate of drug-likeness (QED) is 0.526. The first kappa shape index (κ1) is 21.9. The Labute approximate surface area is 184 Å². The molecule has 6 atom stereocenters. The van der Waals surface area contributed by atoms with Crippen molar-refractivity contribution in [2.75, 3.05) is 13.1 Å². The van der Waals surface area contributed by atoms with E-state index in [4.69, 9.17) is 0 Å². The van der Waals surface area contributed by atoms with E-state index in [1.54, 1.807) is 0 Å².